The molecule has 1 aromatic carbocycles. The second-order valence-corrected chi connectivity index (χ2v) is 6.46. The summed E-state index contributed by atoms with van der Waals surface area (Å²) in [5.41, 5.74) is -0.139. The van der Waals surface area contributed by atoms with Gasteiger partial charge in [-0.1, -0.05) is 0 Å². The van der Waals surface area contributed by atoms with Crippen LogP contribution in [0.1, 0.15) is 9.67 Å². The second kappa shape index (κ2) is 5.80. The minimum Gasteiger partial charge on any atom is -0.496 e. The van der Waals surface area contributed by atoms with Crippen LogP contribution >= 0.6 is 11.3 Å². The lowest BCUT2D eigenvalue weighted by Gasteiger charge is -2.06. The van der Waals surface area contributed by atoms with Crippen LogP contribution in [0.2, 0.25) is 0 Å². The van der Waals surface area contributed by atoms with Crippen molar-refractivity contribution >= 4 is 33.0 Å². The van der Waals surface area contributed by atoms with Gasteiger partial charge >= 0.3 is 0 Å². The van der Waals surface area contributed by atoms with Gasteiger partial charge in [0.25, 0.3) is 5.91 Å². The molecule has 0 aliphatic rings. The fourth-order valence-electron chi connectivity index (χ4n) is 1.50. The number of anilines is 1. The molecule has 9 heteroatoms. The molecule has 0 spiro atoms. The number of amides is 1. The van der Waals surface area contributed by atoms with Gasteiger partial charge in [0.1, 0.15) is 11.6 Å². The number of halogens is 1. The summed E-state index contributed by atoms with van der Waals surface area (Å²) in [6.45, 7) is 0. The van der Waals surface area contributed by atoms with Crippen molar-refractivity contribution in [3.63, 3.8) is 0 Å². The standard InChI is InChI=1S/C12H11FN2O4S2/c1-19-7-4-11(20-6-7)12(16)15-10-3-2-8(5-9(10)13)21(14,17)18/h2-6H,1H3,(H,15,16)(H2,14,17,18). The minimum atomic E-state index is -3.99. The van der Waals surface area contributed by atoms with Crippen LogP contribution in [0.3, 0.4) is 0 Å². The Morgan fingerprint density at radius 2 is 2.10 bits per heavy atom. The summed E-state index contributed by atoms with van der Waals surface area (Å²) >= 11 is 1.14. The topological polar surface area (TPSA) is 98.5 Å². The Bertz CT molecular complexity index is 786. The number of ether oxygens (including phenoxy) is 1. The smallest absolute Gasteiger partial charge is 0.265 e. The molecular formula is C12H11FN2O4S2. The molecule has 3 N–H and O–H groups in total. The van der Waals surface area contributed by atoms with E-state index in [-0.39, 0.29) is 10.6 Å². The highest BCUT2D eigenvalue weighted by atomic mass is 32.2. The molecule has 6 nitrogen and oxygen atoms in total. The van der Waals surface area contributed by atoms with E-state index in [9.17, 15) is 17.6 Å². The molecule has 0 saturated carbocycles. The summed E-state index contributed by atoms with van der Waals surface area (Å²) in [5, 5.41) is 8.87. The molecule has 0 saturated heterocycles. The number of carbonyl (C=O) groups excluding carboxylic acids is 1. The normalized spacial score (nSPS) is 11.2. The van der Waals surface area contributed by atoms with Crippen LogP contribution in [0.25, 0.3) is 0 Å². The van der Waals surface area contributed by atoms with E-state index in [1.165, 1.54) is 13.2 Å². The quantitative estimate of drug-likeness (QED) is 0.893. The Balaban J connectivity index is 2.22. The van der Waals surface area contributed by atoms with Crippen LogP contribution in [0.15, 0.2) is 34.5 Å². The molecule has 1 aromatic heterocycles. The van der Waals surface area contributed by atoms with Gasteiger partial charge in [-0.25, -0.2) is 17.9 Å². The second-order valence-electron chi connectivity index (χ2n) is 3.99. The summed E-state index contributed by atoms with van der Waals surface area (Å²) < 4.78 is 40.9. The van der Waals surface area contributed by atoms with Crippen molar-refractivity contribution in [2.45, 2.75) is 4.90 Å². The van der Waals surface area contributed by atoms with Gasteiger partial charge in [-0.15, -0.1) is 11.3 Å². The highest BCUT2D eigenvalue weighted by molar-refractivity contribution is 7.89. The van der Waals surface area contributed by atoms with Gasteiger partial charge in [-0.3, -0.25) is 4.79 Å². The average molecular weight is 330 g/mol. The molecule has 0 aliphatic heterocycles. The maximum absolute atomic E-state index is 13.8. The number of rotatable bonds is 4. The molecule has 0 fully saturated rings. The van der Waals surface area contributed by atoms with Gasteiger partial charge in [0.15, 0.2) is 0 Å². The Labute approximate surface area is 124 Å². The highest BCUT2D eigenvalue weighted by Crippen LogP contribution is 2.23. The Morgan fingerprint density at radius 3 is 2.62 bits per heavy atom. The lowest BCUT2D eigenvalue weighted by atomic mass is 10.3. The monoisotopic (exact) mass is 330 g/mol. The third-order valence-electron chi connectivity index (χ3n) is 2.55. The predicted molar refractivity (Wildman–Crippen MR) is 76.6 cm³/mol. The average Bonchev–Trinajstić information content (AvgIpc) is 2.88. The van der Waals surface area contributed by atoms with Crippen molar-refractivity contribution in [3.05, 3.63) is 40.3 Å². The number of nitrogens with one attached hydrogen (secondary N) is 1. The molecule has 21 heavy (non-hydrogen) atoms. The number of nitrogens with two attached hydrogens (primary N) is 1. The zero-order valence-electron chi connectivity index (χ0n) is 10.8. The van der Waals surface area contributed by atoms with Crippen LogP contribution in [0.4, 0.5) is 10.1 Å². The molecule has 1 heterocycles. The van der Waals surface area contributed by atoms with Crippen molar-refractivity contribution < 1.29 is 22.3 Å². The van der Waals surface area contributed by atoms with Gasteiger partial charge in [0, 0.05) is 11.4 Å². The Hall–Kier alpha value is -1.97. The number of hydrogen-bond donors (Lipinski definition) is 2. The number of carbonyl (C=O) groups is 1. The van der Waals surface area contributed by atoms with E-state index in [1.807, 2.05) is 0 Å². The van der Waals surface area contributed by atoms with Crippen molar-refractivity contribution in [1.82, 2.24) is 0 Å². The van der Waals surface area contributed by atoms with Gasteiger partial charge in [-0.2, -0.15) is 0 Å². The van der Waals surface area contributed by atoms with Crippen LogP contribution < -0.4 is 15.2 Å². The van der Waals surface area contributed by atoms with E-state index < -0.39 is 21.7 Å². The molecule has 0 radical (unpaired) electrons. The van der Waals surface area contributed by atoms with Crippen molar-refractivity contribution in [2.24, 2.45) is 5.14 Å². The van der Waals surface area contributed by atoms with Crippen molar-refractivity contribution in [3.8, 4) is 5.75 Å². The zero-order chi connectivity index (χ0) is 15.6. The lowest BCUT2D eigenvalue weighted by molar-refractivity contribution is 0.103. The zero-order valence-corrected chi connectivity index (χ0v) is 12.4. The first kappa shape index (κ1) is 15.4. The molecule has 112 valence electrons. The Morgan fingerprint density at radius 1 is 1.38 bits per heavy atom. The van der Waals surface area contributed by atoms with E-state index in [0.717, 1.165) is 29.5 Å². The molecule has 2 rings (SSSR count). The van der Waals surface area contributed by atoms with E-state index in [4.69, 9.17) is 9.88 Å². The molecule has 0 aliphatic carbocycles. The molecule has 1 amide bonds. The minimum absolute atomic E-state index is 0.139. The summed E-state index contributed by atoms with van der Waals surface area (Å²) in [6.07, 6.45) is 0. The van der Waals surface area contributed by atoms with Crippen LogP contribution in [0, 0.1) is 5.82 Å². The van der Waals surface area contributed by atoms with Gasteiger partial charge < -0.3 is 10.1 Å². The number of benzene rings is 1. The van der Waals surface area contributed by atoms with Crippen molar-refractivity contribution in [2.75, 3.05) is 12.4 Å². The van der Waals surface area contributed by atoms with Gasteiger partial charge in [0.05, 0.1) is 22.6 Å². The number of sulfonamides is 1. The fraction of sp³-hybridized carbons (Fsp3) is 0.0833. The predicted octanol–water partition coefficient (Wildman–Crippen LogP) is 1.80. The van der Waals surface area contributed by atoms with E-state index in [2.05, 4.69) is 5.32 Å². The SMILES string of the molecule is COc1csc(C(=O)Nc2ccc(S(N)(=O)=O)cc2F)c1. The van der Waals surface area contributed by atoms with Gasteiger partial charge in [0.2, 0.25) is 10.0 Å². The molecule has 0 bridgehead atoms. The molecule has 2 aromatic rings. The first-order valence-electron chi connectivity index (χ1n) is 5.57. The third-order valence-corrected chi connectivity index (χ3v) is 4.37. The third kappa shape index (κ3) is 3.57. The van der Waals surface area contributed by atoms with Crippen LogP contribution in [-0.4, -0.2) is 21.4 Å². The number of thiophene rings is 1. The molecule has 0 unspecified atom stereocenters. The first-order chi connectivity index (χ1) is 9.81. The largest absolute Gasteiger partial charge is 0.496 e. The van der Waals surface area contributed by atoms with Crippen LogP contribution in [0.5, 0.6) is 5.75 Å². The number of hydrogen-bond acceptors (Lipinski definition) is 5. The van der Waals surface area contributed by atoms with Gasteiger partial charge in [-0.05, 0) is 18.2 Å². The van der Waals surface area contributed by atoms with E-state index in [1.54, 1.807) is 5.38 Å². The van der Waals surface area contributed by atoms with Crippen LogP contribution in [-0.2, 0) is 10.0 Å². The van der Waals surface area contributed by atoms with E-state index >= 15 is 0 Å². The Kier molecular flexibility index (Phi) is 4.26. The summed E-state index contributed by atoms with van der Waals surface area (Å²) in [5.74, 6) is -0.890. The fourth-order valence-corrected chi connectivity index (χ4v) is 2.78. The summed E-state index contributed by atoms with van der Waals surface area (Å²) in [7, 11) is -2.52. The summed E-state index contributed by atoms with van der Waals surface area (Å²) in [4.78, 5) is 11.9. The molecule has 0 atom stereocenters. The maximum atomic E-state index is 13.8. The van der Waals surface area contributed by atoms with E-state index in [0.29, 0.717) is 10.6 Å². The molecular weight excluding hydrogens is 319 g/mol. The number of methoxy groups -OCH3 is 1. The number of primary sulfonamides is 1. The van der Waals surface area contributed by atoms with Crippen molar-refractivity contribution in [1.29, 1.82) is 0 Å². The highest BCUT2D eigenvalue weighted by Gasteiger charge is 2.15. The lowest BCUT2D eigenvalue weighted by Crippen LogP contribution is -2.14. The summed E-state index contributed by atoms with van der Waals surface area (Å²) in [6, 6.07) is 4.51. The first-order valence-corrected chi connectivity index (χ1v) is 8.00. The maximum Gasteiger partial charge on any atom is 0.265 e.